The van der Waals surface area contributed by atoms with Gasteiger partial charge in [-0.3, -0.25) is 30.8 Å². The van der Waals surface area contributed by atoms with Crippen LogP contribution >= 0.6 is 0 Å². The van der Waals surface area contributed by atoms with Crippen molar-refractivity contribution in [2.45, 2.75) is 12.2 Å². The van der Waals surface area contributed by atoms with E-state index in [-0.39, 0.29) is 24.6 Å². The number of carboxylic acid groups (broad SMARTS) is 1. The first-order valence-corrected chi connectivity index (χ1v) is 12.5. The normalized spacial score (nSPS) is 11.0. The summed E-state index contributed by atoms with van der Waals surface area (Å²) in [5, 5.41) is 17.8. The first-order chi connectivity index (χ1) is 20.9. The van der Waals surface area contributed by atoms with Crippen molar-refractivity contribution in [2.24, 2.45) is 5.73 Å². The molecule has 7 N–H and O–H groups in total. The molecule has 1 heterocycles. The predicted molar refractivity (Wildman–Crippen MR) is 155 cm³/mol. The van der Waals surface area contributed by atoms with E-state index >= 15 is 0 Å². The first kappa shape index (κ1) is 34.3. The van der Waals surface area contributed by atoms with Crippen molar-refractivity contribution in [1.82, 2.24) is 15.8 Å². The van der Waals surface area contributed by atoms with E-state index in [2.05, 4.69) is 34.3 Å². The van der Waals surface area contributed by atoms with Crippen LogP contribution in [0.5, 0.6) is 11.5 Å². The number of nitrogens with zero attached hydrogens (tertiary/aromatic N) is 1. The lowest BCUT2D eigenvalue weighted by Crippen LogP contribution is -2.45. The SMILES string of the molecule is C=CCOc1ccc(C(Nc2ccc(C(=N)N)cc2)C(=O)NNC(=O)c2cccnc2)cc1OCC=C.O=C(O)C(F)(F)F. The average molecular weight is 615 g/mol. The van der Waals surface area contributed by atoms with Gasteiger partial charge in [-0.05, 0) is 54.1 Å². The second kappa shape index (κ2) is 16.5. The number of rotatable bonds is 12. The van der Waals surface area contributed by atoms with Crippen molar-refractivity contribution in [3.8, 4) is 11.5 Å². The van der Waals surface area contributed by atoms with Gasteiger partial charge in [0.1, 0.15) is 25.1 Å². The Bertz CT molecular complexity index is 1470. The number of nitrogens with one attached hydrogen (secondary N) is 4. The number of carboxylic acids is 1. The number of amidine groups is 1. The molecule has 3 rings (SSSR count). The van der Waals surface area contributed by atoms with Crippen molar-refractivity contribution < 1.29 is 42.1 Å². The highest BCUT2D eigenvalue weighted by Gasteiger charge is 2.38. The van der Waals surface area contributed by atoms with E-state index in [1.165, 1.54) is 6.20 Å². The summed E-state index contributed by atoms with van der Waals surface area (Å²) in [5.41, 5.74) is 12.4. The number of benzene rings is 2. The fourth-order valence-corrected chi connectivity index (χ4v) is 3.21. The number of hydrogen-bond donors (Lipinski definition) is 6. The van der Waals surface area contributed by atoms with Crippen LogP contribution < -0.4 is 31.4 Å². The molecule has 15 heteroatoms. The Morgan fingerprint density at radius 3 is 2.11 bits per heavy atom. The molecule has 44 heavy (non-hydrogen) atoms. The molecule has 1 atom stereocenters. The molecule has 0 fully saturated rings. The Balaban J connectivity index is 0.000000860. The molecule has 232 valence electrons. The molecule has 0 aliphatic heterocycles. The van der Waals surface area contributed by atoms with Gasteiger partial charge in [-0.25, -0.2) is 4.79 Å². The van der Waals surface area contributed by atoms with Gasteiger partial charge < -0.3 is 25.6 Å². The van der Waals surface area contributed by atoms with Crippen molar-refractivity contribution in [2.75, 3.05) is 18.5 Å². The number of anilines is 1. The van der Waals surface area contributed by atoms with Crippen molar-refractivity contribution in [3.05, 3.63) is 109 Å². The Kier molecular flexibility index (Phi) is 12.9. The molecule has 0 aliphatic rings. The van der Waals surface area contributed by atoms with Gasteiger partial charge in [0.15, 0.2) is 11.5 Å². The summed E-state index contributed by atoms with van der Waals surface area (Å²) in [6, 6.07) is 14.0. The number of ether oxygens (including phenoxy) is 2. The molecule has 1 aromatic heterocycles. The van der Waals surface area contributed by atoms with Crippen LogP contribution in [0.25, 0.3) is 0 Å². The molecule has 0 aliphatic carbocycles. The lowest BCUT2D eigenvalue weighted by Gasteiger charge is -2.22. The maximum absolute atomic E-state index is 13.3. The molecular formula is C29H29F3N6O6. The molecule has 0 saturated carbocycles. The van der Waals surface area contributed by atoms with E-state index in [4.69, 9.17) is 30.5 Å². The number of nitrogens with two attached hydrogens (primary N) is 1. The third-order valence-corrected chi connectivity index (χ3v) is 5.25. The van der Waals surface area contributed by atoms with E-state index < -0.39 is 30.0 Å². The monoisotopic (exact) mass is 614 g/mol. The second-order valence-corrected chi connectivity index (χ2v) is 8.46. The fraction of sp³-hybridized carbons (Fsp3) is 0.138. The zero-order valence-electron chi connectivity index (χ0n) is 23.1. The van der Waals surface area contributed by atoms with Gasteiger partial charge in [0.25, 0.3) is 11.8 Å². The van der Waals surface area contributed by atoms with Crippen LogP contribution in [0, 0.1) is 5.41 Å². The minimum absolute atomic E-state index is 0.0712. The molecular weight excluding hydrogens is 585 g/mol. The van der Waals surface area contributed by atoms with Crippen molar-refractivity contribution in [1.29, 1.82) is 5.41 Å². The zero-order valence-corrected chi connectivity index (χ0v) is 23.1. The second-order valence-electron chi connectivity index (χ2n) is 8.46. The third kappa shape index (κ3) is 10.8. The van der Waals surface area contributed by atoms with Gasteiger partial charge in [0.2, 0.25) is 0 Å². The lowest BCUT2D eigenvalue weighted by molar-refractivity contribution is -0.192. The molecule has 2 amide bonds. The molecule has 1 unspecified atom stereocenters. The highest BCUT2D eigenvalue weighted by molar-refractivity contribution is 5.96. The molecule has 0 bridgehead atoms. The van der Waals surface area contributed by atoms with Crippen LogP contribution in [0.4, 0.5) is 18.9 Å². The van der Waals surface area contributed by atoms with Crippen LogP contribution in [0.1, 0.15) is 27.5 Å². The smallest absolute Gasteiger partial charge is 0.486 e. The van der Waals surface area contributed by atoms with Crippen LogP contribution in [0.3, 0.4) is 0 Å². The maximum atomic E-state index is 13.3. The maximum Gasteiger partial charge on any atom is 0.490 e. The minimum Gasteiger partial charge on any atom is -0.486 e. The van der Waals surface area contributed by atoms with Crippen LogP contribution in [-0.4, -0.2) is 53.1 Å². The fourth-order valence-electron chi connectivity index (χ4n) is 3.21. The van der Waals surface area contributed by atoms with Gasteiger partial charge in [-0.15, -0.1) is 0 Å². The summed E-state index contributed by atoms with van der Waals surface area (Å²) >= 11 is 0. The lowest BCUT2D eigenvalue weighted by atomic mass is 10.0. The number of carbonyl (C=O) groups excluding carboxylic acids is 2. The highest BCUT2D eigenvalue weighted by atomic mass is 19.4. The third-order valence-electron chi connectivity index (χ3n) is 5.25. The number of aromatic nitrogens is 1. The topological polar surface area (TPSA) is 189 Å². The molecule has 2 aromatic carbocycles. The Morgan fingerprint density at radius 2 is 1.59 bits per heavy atom. The summed E-state index contributed by atoms with van der Waals surface area (Å²) in [4.78, 5) is 38.5. The van der Waals surface area contributed by atoms with Gasteiger partial charge in [-0.2, -0.15) is 13.2 Å². The van der Waals surface area contributed by atoms with E-state index in [0.717, 1.165) is 0 Å². The number of amides is 2. The number of carbonyl (C=O) groups is 3. The van der Waals surface area contributed by atoms with Crippen LogP contribution in [0.15, 0.2) is 92.3 Å². The Labute approximate surface area is 249 Å². The summed E-state index contributed by atoms with van der Waals surface area (Å²) in [6.07, 6.45) is 1.05. The number of nitrogen functional groups attached to an aromatic ring is 1. The Morgan fingerprint density at radius 1 is 0.977 bits per heavy atom. The molecule has 12 nitrogen and oxygen atoms in total. The number of pyridine rings is 1. The molecule has 0 saturated heterocycles. The molecule has 0 spiro atoms. The van der Waals surface area contributed by atoms with Crippen molar-refractivity contribution in [3.63, 3.8) is 0 Å². The number of hydrogen-bond acceptors (Lipinski definition) is 8. The number of halogens is 3. The zero-order chi connectivity index (χ0) is 32.7. The number of alkyl halides is 3. The standard InChI is InChI=1S/C27H28N6O4.C2HF3O2/c1-3-14-36-22-12-9-19(16-23(22)37-15-4-2)24(31-21-10-7-18(8-11-21)25(28)29)27(35)33-32-26(34)20-6-5-13-30-17-20;3-2(4,5)1(6)7/h3-13,16-17,24,31H,1-2,14-15H2,(H3,28,29)(H,32,34)(H,33,35);(H,6,7). The quantitative estimate of drug-likeness (QED) is 0.0764. The van der Waals surface area contributed by atoms with Gasteiger partial charge in [-0.1, -0.05) is 31.4 Å². The van der Waals surface area contributed by atoms with Gasteiger partial charge >= 0.3 is 12.1 Å². The van der Waals surface area contributed by atoms with E-state index in [1.807, 2.05) is 0 Å². The van der Waals surface area contributed by atoms with E-state index in [1.54, 1.807) is 72.9 Å². The predicted octanol–water partition coefficient (Wildman–Crippen LogP) is 3.74. The summed E-state index contributed by atoms with van der Waals surface area (Å²) in [7, 11) is 0. The molecule has 0 radical (unpaired) electrons. The van der Waals surface area contributed by atoms with Gasteiger partial charge in [0.05, 0.1) is 5.56 Å². The van der Waals surface area contributed by atoms with Gasteiger partial charge in [0, 0.05) is 23.6 Å². The van der Waals surface area contributed by atoms with Crippen LogP contribution in [-0.2, 0) is 9.59 Å². The van der Waals surface area contributed by atoms with E-state index in [9.17, 15) is 22.8 Å². The first-order valence-electron chi connectivity index (χ1n) is 12.5. The largest absolute Gasteiger partial charge is 0.490 e. The van der Waals surface area contributed by atoms with Crippen molar-refractivity contribution >= 4 is 29.3 Å². The highest BCUT2D eigenvalue weighted by Crippen LogP contribution is 2.32. The van der Waals surface area contributed by atoms with E-state index in [0.29, 0.717) is 28.3 Å². The average Bonchev–Trinajstić information content (AvgIpc) is 3.01. The molecule has 3 aromatic rings. The summed E-state index contributed by atoms with van der Waals surface area (Å²) in [6.45, 7) is 7.82. The minimum atomic E-state index is -5.08. The summed E-state index contributed by atoms with van der Waals surface area (Å²) in [5.74, 6) is -3.01. The number of aliphatic carboxylic acids is 1. The number of hydrazine groups is 1. The van der Waals surface area contributed by atoms with Crippen LogP contribution in [0.2, 0.25) is 0 Å². The summed E-state index contributed by atoms with van der Waals surface area (Å²) < 4.78 is 43.2. The Hall–Kier alpha value is -5.86.